The second kappa shape index (κ2) is 8.75. The Labute approximate surface area is 179 Å². The van der Waals surface area contributed by atoms with E-state index >= 15 is 0 Å². The largest absolute Gasteiger partial charge is 0.361 e. The highest BCUT2D eigenvalue weighted by atomic mass is 32.2. The summed E-state index contributed by atoms with van der Waals surface area (Å²) in [4.78, 5) is 26.9. The van der Waals surface area contributed by atoms with Gasteiger partial charge in [-0.05, 0) is 56.2 Å². The van der Waals surface area contributed by atoms with Crippen molar-refractivity contribution < 1.29 is 14.1 Å². The van der Waals surface area contributed by atoms with Crippen LogP contribution in [0.1, 0.15) is 32.9 Å². The van der Waals surface area contributed by atoms with Gasteiger partial charge in [-0.3, -0.25) is 9.59 Å². The van der Waals surface area contributed by atoms with Crippen molar-refractivity contribution >= 4 is 35.0 Å². The first-order valence-corrected chi connectivity index (χ1v) is 11.0. The summed E-state index contributed by atoms with van der Waals surface area (Å²) in [5.41, 5.74) is 5.37. The second-order valence-electron chi connectivity index (χ2n) is 7.26. The quantitative estimate of drug-likeness (QED) is 0.640. The number of aryl methyl sites for hydroxylation is 2. The maximum absolute atomic E-state index is 12.9. The second-order valence-corrected chi connectivity index (χ2v) is 8.24. The van der Waals surface area contributed by atoms with Crippen LogP contribution in [0.4, 0.5) is 11.4 Å². The monoisotopic (exact) mass is 421 g/mol. The van der Waals surface area contributed by atoms with E-state index in [1.54, 1.807) is 24.3 Å². The van der Waals surface area contributed by atoms with Gasteiger partial charge in [0, 0.05) is 34.8 Å². The Morgan fingerprint density at radius 2 is 1.90 bits per heavy atom. The topological polar surface area (TPSA) is 75.4 Å². The zero-order valence-corrected chi connectivity index (χ0v) is 17.8. The van der Waals surface area contributed by atoms with E-state index in [2.05, 4.69) is 16.5 Å². The van der Waals surface area contributed by atoms with Crippen LogP contribution in [-0.4, -0.2) is 29.3 Å². The molecule has 30 heavy (non-hydrogen) atoms. The lowest BCUT2D eigenvalue weighted by Gasteiger charge is -2.17. The van der Waals surface area contributed by atoms with Gasteiger partial charge in [0.2, 0.25) is 5.91 Å². The van der Waals surface area contributed by atoms with Gasteiger partial charge < -0.3 is 14.7 Å². The van der Waals surface area contributed by atoms with Crippen molar-refractivity contribution in [3.8, 4) is 0 Å². The summed E-state index contributed by atoms with van der Waals surface area (Å²) in [5.74, 6) is 1.70. The number of carbonyl (C=O) groups is 2. The van der Waals surface area contributed by atoms with Crippen LogP contribution in [0, 0.1) is 13.8 Å². The van der Waals surface area contributed by atoms with Crippen LogP contribution in [0.3, 0.4) is 0 Å². The van der Waals surface area contributed by atoms with Crippen LogP contribution < -0.4 is 10.2 Å². The van der Waals surface area contributed by atoms with E-state index < -0.39 is 0 Å². The Morgan fingerprint density at radius 1 is 1.13 bits per heavy atom. The van der Waals surface area contributed by atoms with E-state index in [9.17, 15) is 9.59 Å². The molecule has 3 aromatic rings. The maximum atomic E-state index is 12.9. The first-order chi connectivity index (χ1) is 14.5. The summed E-state index contributed by atoms with van der Waals surface area (Å²) in [6.07, 6.45) is 0.877. The molecular weight excluding hydrogens is 398 g/mol. The third-order valence-corrected chi connectivity index (χ3v) is 6.17. The number of nitrogens with one attached hydrogen (secondary N) is 1. The zero-order valence-electron chi connectivity index (χ0n) is 17.0. The van der Waals surface area contributed by atoms with E-state index in [1.807, 2.05) is 36.9 Å². The molecule has 1 aliphatic heterocycles. The standard InChI is InChI=1S/C23H23N3O3S/c1-15-20(16(2)29-25-15)13-30-14-22(27)24-19-9-7-18(8-10-19)23(28)26-12-11-17-5-3-4-6-21(17)26/h3-10H,11-14H2,1-2H3,(H,24,27). The minimum atomic E-state index is -0.0840. The van der Waals surface area contributed by atoms with Crippen molar-refractivity contribution in [2.45, 2.75) is 26.0 Å². The molecule has 4 rings (SSSR count). The normalized spacial score (nSPS) is 12.7. The molecule has 0 saturated heterocycles. The summed E-state index contributed by atoms with van der Waals surface area (Å²) >= 11 is 1.51. The SMILES string of the molecule is Cc1noc(C)c1CSCC(=O)Nc1ccc(C(=O)N2CCc3ccccc32)cc1. The number of aromatic nitrogens is 1. The number of anilines is 2. The van der Waals surface area contributed by atoms with Gasteiger partial charge in [-0.2, -0.15) is 0 Å². The van der Waals surface area contributed by atoms with Gasteiger partial charge in [-0.1, -0.05) is 23.4 Å². The highest BCUT2D eigenvalue weighted by Gasteiger charge is 2.25. The first-order valence-electron chi connectivity index (χ1n) is 9.82. The number of amides is 2. The number of hydrogen-bond donors (Lipinski definition) is 1. The number of benzene rings is 2. The van der Waals surface area contributed by atoms with Crippen molar-refractivity contribution in [3.63, 3.8) is 0 Å². The van der Waals surface area contributed by atoms with Crippen molar-refractivity contribution in [1.29, 1.82) is 0 Å². The van der Waals surface area contributed by atoms with Crippen molar-refractivity contribution in [3.05, 3.63) is 76.7 Å². The summed E-state index contributed by atoms with van der Waals surface area (Å²) in [6, 6.07) is 15.0. The fourth-order valence-electron chi connectivity index (χ4n) is 3.55. The minimum Gasteiger partial charge on any atom is -0.361 e. The first kappa shape index (κ1) is 20.2. The van der Waals surface area contributed by atoms with Crippen molar-refractivity contribution in [2.24, 2.45) is 0 Å². The highest BCUT2D eigenvalue weighted by molar-refractivity contribution is 7.99. The molecule has 0 radical (unpaired) electrons. The van der Waals surface area contributed by atoms with E-state index in [0.717, 1.165) is 29.1 Å². The summed E-state index contributed by atoms with van der Waals surface area (Å²) in [5, 5.41) is 6.80. The lowest BCUT2D eigenvalue weighted by Crippen LogP contribution is -2.28. The predicted molar refractivity (Wildman–Crippen MR) is 119 cm³/mol. The lowest BCUT2D eigenvalue weighted by atomic mass is 10.1. The Kier molecular flexibility index (Phi) is 5.90. The molecule has 6 nitrogen and oxygen atoms in total. The minimum absolute atomic E-state index is 0.0205. The molecule has 1 aromatic heterocycles. The smallest absolute Gasteiger partial charge is 0.258 e. The van der Waals surface area contributed by atoms with Gasteiger partial charge in [0.05, 0.1) is 11.4 Å². The van der Waals surface area contributed by atoms with Crippen LogP contribution in [0.5, 0.6) is 0 Å². The summed E-state index contributed by atoms with van der Waals surface area (Å²) in [6.45, 7) is 4.47. The average Bonchev–Trinajstić information content (AvgIpc) is 3.32. The van der Waals surface area contributed by atoms with Crippen molar-refractivity contribution in [1.82, 2.24) is 5.16 Å². The molecule has 1 aliphatic rings. The molecular formula is C23H23N3O3S. The highest BCUT2D eigenvalue weighted by Crippen LogP contribution is 2.29. The molecule has 0 atom stereocenters. The third-order valence-electron chi connectivity index (χ3n) is 5.21. The van der Waals surface area contributed by atoms with Gasteiger partial charge in [0.25, 0.3) is 5.91 Å². The van der Waals surface area contributed by atoms with Gasteiger partial charge in [-0.15, -0.1) is 11.8 Å². The third kappa shape index (κ3) is 4.26. The van der Waals surface area contributed by atoms with Gasteiger partial charge >= 0.3 is 0 Å². The van der Waals surface area contributed by atoms with E-state index in [0.29, 0.717) is 29.3 Å². The molecule has 0 spiro atoms. The molecule has 0 fully saturated rings. The number of para-hydroxylation sites is 1. The molecule has 0 unspecified atom stereocenters. The van der Waals surface area contributed by atoms with Gasteiger partial charge in [0.15, 0.2) is 0 Å². The molecule has 0 aliphatic carbocycles. The predicted octanol–water partition coefficient (Wildman–Crippen LogP) is 4.37. The average molecular weight is 422 g/mol. The molecule has 154 valence electrons. The Balaban J connectivity index is 1.31. The number of rotatable bonds is 6. The van der Waals surface area contributed by atoms with E-state index in [1.165, 1.54) is 17.3 Å². The van der Waals surface area contributed by atoms with Gasteiger partial charge in [0.1, 0.15) is 5.76 Å². The lowest BCUT2D eigenvalue weighted by molar-refractivity contribution is -0.113. The Morgan fingerprint density at radius 3 is 2.63 bits per heavy atom. The summed E-state index contributed by atoms with van der Waals surface area (Å²) in [7, 11) is 0. The molecule has 1 N–H and O–H groups in total. The van der Waals surface area contributed by atoms with Crippen LogP contribution in [0.2, 0.25) is 0 Å². The molecule has 7 heteroatoms. The van der Waals surface area contributed by atoms with Crippen molar-refractivity contribution in [2.75, 3.05) is 22.5 Å². The maximum Gasteiger partial charge on any atom is 0.258 e. The van der Waals surface area contributed by atoms with Gasteiger partial charge in [-0.25, -0.2) is 0 Å². The number of fused-ring (bicyclic) bond motifs is 1. The fourth-order valence-corrected chi connectivity index (χ4v) is 4.53. The Hall–Kier alpha value is -3.06. The van der Waals surface area contributed by atoms with Crippen LogP contribution in [-0.2, 0) is 17.0 Å². The number of hydrogen-bond acceptors (Lipinski definition) is 5. The molecule has 0 saturated carbocycles. The fraction of sp³-hybridized carbons (Fsp3) is 0.261. The Bertz CT molecular complexity index is 1060. The molecule has 2 amide bonds. The molecule has 0 bridgehead atoms. The van der Waals surface area contributed by atoms with Crippen LogP contribution in [0.25, 0.3) is 0 Å². The van der Waals surface area contributed by atoms with E-state index in [-0.39, 0.29) is 11.8 Å². The zero-order chi connectivity index (χ0) is 21.1. The van der Waals surface area contributed by atoms with E-state index in [4.69, 9.17) is 4.52 Å². The number of nitrogens with zero attached hydrogens (tertiary/aromatic N) is 2. The number of carbonyl (C=O) groups excluding carboxylic acids is 2. The molecule has 2 aromatic carbocycles. The van der Waals surface area contributed by atoms with Crippen LogP contribution >= 0.6 is 11.8 Å². The summed E-state index contributed by atoms with van der Waals surface area (Å²) < 4.78 is 5.14. The molecule has 2 heterocycles. The van der Waals surface area contributed by atoms with Crippen LogP contribution in [0.15, 0.2) is 53.1 Å². The number of thioether (sulfide) groups is 1.